The molecule has 7 heteroatoms. The summed E-state index contributed by atoms with van der Waals surface area (Å²) >= 11 is 0. The number of fused-ring (bicyclic) bond motifs is 1. The molecule has 26 heavy (non-hydrogen) atoms. The number of carbonyl (C=O) groups is 1. The second kappa shape index (κ2) is 6.25. The molecule has 7 nitrogen and oxygen atoms in total. The van der Waals surface area contributed by atoms with E-state index in [1.54, 1.807) is 0 Å². The van der Waals surface area contributed by atoms with Crippen LogP contribution in [0.5, 0.6) is 0 Å². The Morgan fingerprint density at radius 2 is 2.15 bits per heavy atom. The number of nitrogens with zero attached hydrogens (tertiary/aromatic N) is 6. The minimum atomic E-state index is 0.212. The van der Waals surface area contributed by atoms with E-state index in [9.17, 15) is 4.79 Å². The van der Waals surface area contributed by atoms with E-state index in [1.165, 1.54) is 0 Å². The second-order valence-corrected chi connectivity index (χ2v) is 7.20. The van der Waals surface area contributed by atoms with Gasteiger partial charge in [0.2, 0.25) is 5.91 Å². The highest BCUT2D eigenvalue weighted by Gasteiger charge is 2.27. The van der Waals surface area contributed by atoms with Crippen molar-refractivity contribution in [3.63, 3.8) is 0 Å². The van der Waals surface area contributed by atoms with Gasteiger partial charge in [-0.1, -0.05) is 6.07 Å². The first kappa shape index (κ1) is 15.6. The van der Waals surface area contributed by atoms with Crippen molar-refractivity contribution in [2.75, 3.05) is 24.5 Å². The van der Waals surface area contributed by atoms with Crippen molar-refractivity contribution in [1.82, 2.24) is 24.1 Å². The number of anilines is 1. The van der Waals surface area contributed by atoms with Crippen molar-refractivity contribution < 1.29 is 4.79 Å². The highest BCUT2D eigenvalue weighted by atomic mass is 16.2. The summed E-state index contributed by atoms with van der Waals surface area (Å²) in [5.74, 6) is 0.212. The zero-order valence-electron chi connectivity index (χ0n) is 14.7. The zero-order valence-corrected chi connectivity index (χ0v) is 14.7. The van der Waals surface area contributed by atoms with E-state index in [0.717, 1.165) is 56.0 Å². The first-order valence-corrected chi connectivity index (χ1v) is 9.26. The van der Waals surface area contributed by atoms with Crippen molar-refractivity contribution in [3.8, 4) is 0 Å². The third kappa shape index (κ3) is 2.78. The summed E-state index contributed by atoms with van der Waals surface area (Å²) in [6.07, 6.45) is 10.7. The van der Waals surface area contributed by atoms with Crippen molar-refractivity contribution in [2.24, 2.45) is 0 Å². The van der Waals surface area contributed by atoms with Crippen LogP contribution in [0.3, 0.4) is 0 Å². The average molecular weight is 350 g/mol. The van der Waals surface area contributed by atoms with E-state index >= 15 is 0 Å². The molecule has 2 aliphatic heterocycles. The minimum absolute atomic E-state index is 0.212. The molecule has 0 aromatic carbocycles. The molecule has 0 aliphatic carbocycles. The highest BCUT2D eigenvalue weighted by Crippen LogP contribution is 2.26. The van der Waals surface area contributed by atoms with Gasteiger partial charge < -0.3 is 9.30 Å². The van der Waals surface area contributed by atoms with Gasteiger partial charge in [0, 0.05) is 51.2 Å². The maximum Gasteiger partial charge on any atom is 0.227 e. The number of hydrogen-bond donors (Lipinski definition) is 0. The van der Waals surface area contributed by atoms with Crippen molar-refractivity contribution in [2.45, 2.75) is 31.8 Å². The fraction of sp³-hybridized carbons (Fsp3) is 0.421. The summed E-state index contributed by atoms with van der Waals surface area (Å²) in [4.78, 5) is 20.9. The lowest BCUT2D eigenvalue weighted by atomic mass is 10.3. The number of carbonyl (C=O) groups excluding carboxylic acids is 1. The van der Waals surface area contributed by atoms with Gasteiger partial charge in [-0.3, -0.25) is 14.4 Å². The molecule has 3 aromatic rings. The molecule has 0 bridgehead atoms. The van der Waals surface area contributed by atoms with Gasteiger partial charge in [0.1, 0.15) is 5.65 Å². The molecule has 2 aliphatic rings. The quantitative estimate of drug-likeness (QED) is 0.723. The van der Waals surface area contributed by atoms with Crippen LogP contribution in [0, 0.1) is 0 Å². The summed E-state index contributed by atoms with van der Waals surface area (Å²) < 4.78 is 4.10. The Kier molecular flexibility index (Phi) is 3.74. The van der Waals surface area contributed by atoms with E-state index in [2.05, 4.69) is 20.6 Å². The molecule has 134 valence electrons. The largest absolute Gasteiger partial charge is 0.309 e. The van der Waals surface area contributed by atoms with E-state index in [4.69, 9.17) is 4.98 Å². The van der Waals surface area contributed by atoms with Crippen molar-refractivity contribution in [1.29, 1.82) is 0 Å². The van der Waals surface area contributed by atoms with Gasteiger partial charge in [-0.25, -0.2) is 4.98 Å². The Balaban J connectivity index is 1.25. The number of likely N-dealkylation sites (tertiary alicyclic amines) is 1. The standard InChI is InChI=1S/C19H22N6O/c26-19-5-3-8-24(19)17-10-20-25(14-17)16-6-9-22(13-16)11-15-12-23-7-2-1-4-18(23)21-15/h1-2,4,7,10,12,14,16H,3,5-6,8-9,11,13H2. The lowest BCUT2D eigenvalue weighted by Crippen LogP contribution is -2.23. The minimum Gasteiger partial charge on any atom is -0.309 e. The smallest absolute Gasteiger partial charge is 0.227 e. The topological polar surface area (TPSA) is 58.7 Å². The number of amides is 1. The second-order valence-electron chi connectivity index (χ2n) is 7.20. The summed E-state index contributed by atoms with van der Waals surface area (Å²) in [6.45, 7) is 3.67. The molecule has 1 amide bonds. The monoisotopic (exact) mass is 350 g/mol. The van der Waals surface area contributed by atoms with Crippen molar-refractivity contribution in [3.05, 3.63) is 48.7 Å². The van der Waals surface area contributed by atoms with Crippen LogP contribution in [0.2, 0.25) is 0 Å². The van der Waals surface area contributed by atoms with Gasteiger partial charge in [-0.2, -0.15) is 5.10 Å². The van der Waals surface area contributed by atoms with Crippen molar-refractivity contribution >= 4 is 17.2 Å². The van der Waals surface area contributed by atoms with Crippen LogP contribution in [-0.4, -0.2) is 49.6 Å². The normalized spacial score (nSPS) is 21.3. The number of imidazole rings is 1. The van der Waals surface area contributed by atoms with E-state index in [1.807, 2.05) is 46.4 Å². The highest BCUT2D eigenvalue weighted by molar-refractivity contribution is 5.95. The molecule has 0 N–H and O–H groups in total. The Morgan fingerprint density at radius 1 is 1.19 bits per heavy atom. The summed E-state index contributed by atoms with van der Waals surface area (Å²) in [6, 6.07) is 6.42. The number of pyridine rings is 1. The fourth-order valence-corrected chi connectivity index (χ4v) is 4.05. The molecule has 5 rings (SSSR count). The maximum atomic E-state index is 11.9. The molecule has 1 unspecified atom stereocenters. The number of rotatable bonds is 4. The Hall–Kier alpha value is -2.67. The molecular weight excluding hydrogens is 328 g/mol. The Morgan fingerprint density at radius 3 is 3.00 bits per heavy atom. The molecular formula is C19H22N6O. The van der Waals surface area contributed by atoms with Crippen LogP contribution in [0.25, 0.3) is 5.65 Å². The maximum absolute atomic E-state index is 11.9. The van der Waals surface area contributed by atoms with E-state index < -0.39 is 0 Å². The third-order valence-electron chi connectivity index (χ3n) is 5.39. The van der Waals surface area contributed by atoms with Gasteiger partial charge in [-0.15, -0.1) is 0 Å². The van der Waals surface area contributed by atoms with Gasteiger partial charge in [0.25, 0.3) is 0 Å². The molecule has 0 spiro atoms. The number of aromatic nitrogens is 4. The predicted molar refractivity (Wildman–Crippen MR) is 97.9 cm³/mol. The van der Waals surface area contributed by atoms with E-state index in [0.29, 0.717) is 12.5 Å². The summed E-state index contributed by atoms with van der Waals surface area (Å²) in [5, 5.41) is 4.53. The summed E-state index contributed by atoms with van der Waals surface area (Å²) in [5.41, 5.74) is 3.03. The van der Waals surface area contributed by atoms with Gasteiger partial charge in [0.05, 0.1) is 23.6 Å². The molecule has 5 heterocycles. The Bertz CT molecular complexity index is 911. The first-order chi connectivity index (χ1) is 12.8. The fourth-order valence-electron chi connectivity index (χ4n) is 4.05. The van der Waals surface area contributed by atoms with Crippen LogP contribution in [0.4, 0.5) is 5.69 Å². The predicted octanol–water partition coefficient (Wildman–Crippen LogP) is 2.10. The van der Waals surface area contributed by atoms with Crippen LogP contribution in [0.15, 0.2) is 43.0 Å². The lowest BCUT2D eigenvalue weighted by Gasteiger charge is -2.15. The molecule has 0 saturated carbocycles. The van der Waals surface area contributed by atoms with Crippen LogP contribution < -0.4 is 4.90 Å². The molecule has 2 fully saturated rings. The van der Waals surface area contributed by atoms with Gasteiger partial charge in [0.15, 0.2) is 0 Å². The third-order valence-corrected chi connectivity index (χ3v) is 5.39. The first-order valence-electron chi connectivity index (χ1n) is 9.26. The number of hydrogen-bond acceptors (Lipinski definition) is 4. The van der Waals surface area contributed by atoms with Crippen LogP contribution in [0.1, 0.15) is 31.0 Å². The molecule has 2 saturated heterocycles. The van der Waals surface area contributed by atoms with E-state index in [-0.39, 0.29) is 5.91 Å². The molecule has 0 radical (unpaired) electrons. The van der Waals surface area contributed by atoms with Crippen LogP contribution in [-0.2, 0) is 11.3 Å². The van der Waals surface area contributed by atoms with Gasteiger partial charge >= 0.3 is 0 Å². The van der Waals surface area contributed by atoms with Gasteiger partial charge in [-0.05, 0) is 25.0 Å². The SMILES string of the molecule is O=C1CCCN1c1cnn(C2CCN(Cc3cn4ccccc4n3)C2)c1. The Labute approximate surface area is 151 Å². The average Bonchev–Trinajstić information content (AvgIpc) is 3.40. The lowest BCUT2D eigenvalue weighted by molar-refractivity contribution is -0.117. The molecule has 3 aromatic heterocycles. The molecule has 1 atom stereocenters. The van der Waals surface area contributed by atoms with Crippen LogP contribution >= 0.6 is 0 Å². The summed E-state index contributed by atoms with van der Waals surface area (Å²) in [7, 11) is 0. The zero-order chi connectivity index (χ0) is 17.5.